The average Bonchev–Trinajstić information content (AvgIpc) is 2.06. The Labute approximate surface area is 70.3 Å². The molecular formula is C10H8N2. The third kappa shape index (κ3) is 1.32. The fraction of sp³-hybridized carbons (Fsp3) is 0. The normalized spacial score (nSPS) is 13.7. The van der Waals surface area contributed by atoms with Gasteiger partial charge in [0.05, 0.1) is 5.36 Å². The zero-order valence-corrected chi connectivity index (χ0v) is 6.51. The van der Waals surface area contributed by atoms with Crippen molar-refractivity contribution in [3.05, 3.63) is 47.1 Å². The van der Waals surface area contributed by atoms with Crippen molar-refractivity contribution < 1.29 is 0 Å². The Kier molecular flexibility index (Phi) is 1.82. The van der Waals surface area contributed by atoms with E-state index < -0.39 is 0 Å². The van der Waals surface area contributed by atoms with Crippen molar-refractivity contribution in [1.29, 1.82) is 0 Å². The fourth-order valence-electron chi connectivity index (χ4n) is 1.08. The van der Waals surface area contributed by atoms with E-state index >= 15 is 0 Å². The van der Waals surface area contributed by atoms with E-state index in [-0.39, 0.29) is 0 Å². The van der Waals surface area contributed by atoms with Crippen LogP contribution in [0.25, 0.3) is 6.08 Å². The summed E-state index contributed by atoms with van der Waals surface area (Å²) in [6, 6.07) is 7.96. The second kappa shape index (κ2) is 3.13. The largest absolute Gasteiger partial charge is 0.245 e. The predicted octanol–water partition coefficient (Wildman–Crippen LogP) is 0.642. The van der Waals surface area contributed by atoms with Crippen molar-refractivity contribution >= 4 is 12.4 Å². The van der Waals surface area contributed by atoms with E-state index in [4.69, 9.17) is 0 Å². The van der Waals surface area contributed by atoms with Crippen molar-refractivity contribution in [2.75, 3.05) is 0 Å². The summed E-state index contributed by atoms with van der Waals surface area (Å²) in [7, 11) is 0. The molecule has 0 radical (unpaired) electrons. The molecule has 0 aliphatic carbocycles. The van der Waals surface area contributed by atoms with Gasteiger partial charge in [-0.2, -0.15) is 0 Å². The van der Waals surface area contributed by atoms with E-state index in [1.165, 1.54) is 0 Å². The van der Waals surface area contributed by atoms with Gasteiger partial charge in [0.1, 0.15) is 6.34 Å². The first-order valence-corrected chi connectivity index (χ1v) is 3.78. The highest BCUT2D eigenvalue weighted by Crippen LogP contribution is 1.79. The van der Waals surface area contributed by atoms with Gasteiger partial charge in [-0.25, -0.2) is 9.98 Å². The molecule has 1 aliphatic rings. The van der Waals surface area contributed by atoms with Crippen LogP contribution in [0.1, 0.15) is 0 Å². The lowest BCUT2D eigenvalue weighted by Crippen LogP contribution is -2.24. The third-order valence-corrected chi connectivity index (χ3v) is 1.65. The molecule has 0 spiro atoms. The first kappa shape index (κ1) is 6.98. The topological polar surface area (TPSA) is 24.7 Å². The highest BCUT2D eigenvalue weighted by atomic mass is 14.8. The molecule has 12 heavy (non-hydrogen) atoms. The van der Waals surface area contributed by atoms with Gasteiger partial charge in [-0.05, 0) is 12.1 Å². The van der Waals surface area contributed by atoms with Crippen molar-refractivity contribution in [1.82, 2.24) is 0 Å². The summed E-state index contributed by atoms with van der Waals surface area (Å²) >= 11 is 0. The lowest BCUT2D eigenvalue weighted by molar-refractivity contribution is 1.35. The predicted molar refractivity (Wildman–Crippen MR) is 49.3 cm³/mol. The van der Waals surface area contributed by atoms with Crippen LogP contribution in [0.3, 0.4) is 0 Å². The van der Waals surface area contributed by atoms with Crippen LogP contribution in [0.5, 0.6) is 0 Å². The number of para-hydroxylation sites is 1. The molecule has 2 rings (SSSR count). The molecule has 0 unspecified atom stereocenters. The number of benzene rings is 1. The summed E-state index contributed by atoms with van der Waals surface area (Å²) in [5.41, 5.74) is 0. The highest BCUT2D eigenvalue weighted by molar-refractivity contribution is 5.57. The molecule has 0 bridgehead atoms. The summed E-state index contributed by atoms with van der Waals surface area (Å²) < 4.78 is 0. The maximum Gasteiger partial charge on any atom is 0.116 e. The Morgan fingerprint density at radius 1 is 1.08 bits per heavy atom. The molecular weight excluding hydrogens is 148 g/mol. The van der Waals surface area contributed by atoms with Gasteiger partial charge >= 0.3 is 0 Å². The van der Waals surface area contributed by atoms with E-state index in [2.05, 4.69) is 9.98 Å². The van der Waals surface area contributed by atoms with Crippen LogP contribution in [0.4, 0.5) is 0 Å². The lowest BCUT2D eigenvalue weighted by atomic mass is 10.2. The summed E-state index contributed by atoms with van der Waals surface area (Å²) in [5, 5.41) is 2.09. The zero-order chi connectivity index (χ0) is 8.23. The average molecular weight is 156 g/mol. The van der Waals surface area contributed by atoms with Gasteiger partial charge in [0.2, 0.25) is 0 Å². The minimum atomic E-state index is 0.964. The van der Waals surface area contributed by atoms with Crippen LogP contribution < -0.4 is 10.6 Å². The minimum Gasteiger partial charge on any atom is -0.245 e. The van der Waals surface area contributed by atoms with E-state index in [0.717, 1.165) is 10.6 Å². The van der Waals surface area contributed by atoms with Crippen molar-refractivity contribution in [3.8, 4) is 0 Å². The molecule has 58 valence electrons. The van der Waals surface area contributed by atoms with Crippen LogP contribution in [0.15, 0.2) is 46.5 Å². The van der Waals surface area contributed by atoms with E-state index in [9.17, 15) is 0 Å². The molecule has 1 aromatic carbocycles. The van der Waals surface area contributed by atoms with Gasteiger partial charge in [0.15, 0.2) is 0 Å². The molecule has 0 saturated heterocycles. The molecule has 0 fully saturated rings. The van der Waals surface area contributed by atoms with Gasteiger partial charge in [0.25, 0.3) is 0 Å². The first-order chi connectivity index (χ1) is 5.97. The third-order valence-electron chi connectivity index (χ3n) is 1.65. The van der Waals surface area contributed by atoms with E-state index in [0.29, 0.717) is 0 Å². The molecule has 2 heteroatoms. The van der Waals surface area contributed by atoms with Crippen LogP contribution in [0.2, 0.25) is 0 Å². The van der Waals surface area contributed by atoms with Crippen LogP contribution in [0, 0.1) is 0 Å². The maximum absolute atomic E-state index is 4.17. The van der Waals surface area contributed by atoms with Crippen molar-refractivity contribution in [2.24, 2.45) is 9.98 Å². The number of hydrogen-bond donors (Lipinski definition) is 0. The number of rotatable bonds is 0. The van der Waals surface area contributed by atoms with Crippen LogP contribution in [-0.2, 0) is 0 Å². The fourth-order valence-corrected chi connectivity index (χ4v) is 1.08. The monoisotopic (exact) mass is 156 g/mol. The first-order valence-electron chi connectivity index (χ1n) is 3.78. The maximum atomic E-state index is 4.17. The number of hydrogen-bond acceptors (Lipinski definition) is 2. The lowest BCUT2D eigenvalue weighted by Gasteiger charge is -1.88. The van der Waals surface area contributed by atoms with Gasteiger partial charge in [-0.3, -0.25) is 0 Å². The van der Waals surface area contributed by atoms with Gasteiger partial charge in [-0.1, -0.05) is 24.3 Å². The molecule has 1 heterocycles. The summed E-state index contributed by atoms with van der Waals surface area (Å²) in [5.74, 6) is 0. The Balaban J connectivity index is 2.80. The van der Waals surface area contributed by atoms with Gasteiger partial charge < -0.3 is 0 Å². The Hall–Kier alpha value is -1.70. The SMILES string of the molecule is C1=CN=CN=c2ccccc2=C1. The van der Waals surface area contributed by atoms with Crippen molar-refractivity contribution in [2.45, 2.75) is 0 Å². The number of aliphatic imine (C=N–C) groups is 1. The second-order valence-corrected chi connectivity index (χ2v) is 2.46. The quantitative estimate of drug-likeness (QED) is 0.526. The summed E-state index contributed by atoms with van der Waals surface area (Å²) in [6.07, 6.45) is 7.18. The Morgan fingerprint density at radius 2 is 2.00 bits per heavy atom. The molecule has 0 atom stereocenters. The van der Waals surface area contributed by atoms with Crippen LogP contribution >= 0.6 is 0 Å². The second-order valence-electron chi connectivity index (χ2n) is 2.46. The molecule has 1 aromatic rings. The molecule has 0 N–H and O–H groups in total. The zero-order valence-electron chi connectivity index (χ0n) is 6.51. The van der Waals surface area contributed by atoms with Gasteiger partial charge in [0, 0.05) is 11.4 Å². The molecule has 2 nitrogen and oxygen atoms in total. The summed E-state index contributed by atoms with van der Waals surface area (Å²) in [4.78, 5) is 8.10. The van der Waals surface area contributed by atoms with Crippen LogP contribution in [-0.4, -0.2) is 6.34 Å². The smallest absolute Gasteiger partial charge is 0.116 e. The Morgan fingerprint density at radius 3 is 3.00 bits per heavy atom. The molecule has 1 aliphatic heterocycles. The number of allylic oxidation sites excluding steroid dienone is 1. The molecule has 0 saturated carbocycles. The summed E-state index contributed by atoms with van der Waals surface area (Å²) in [6.45, 7) is 0. The van der Waals surface area contributed by atoms with Crippen molar-refractivity contribution in [3.63, 3.8) is 0 Å². The minimum absolute atomic E-state index is 0.964. The molecule has 0 aromatic heterocycles. The Bertz CT molecular complexity index is 398. The number of fused-ring (bicyclic) bond motifs is 1. The standard InChI is InChI=1S/C10H8N2/c1-2-6-10-9(4-1)5-3-7-11-8-12-10/h1-8H. The van der Waals surface area contributed by atoms with E-state index in [1.807, 2.05) is 36.4 Å². The highest BCUT2D eigenvalue weighted by Gasteiger charge is 1.83. The van der Waals surface area contributed by atoms with E-state index in [1.54, 1.807) is 12.5 Å². The van der Waals surface area contributed by atoms with Gasteiger partial charge in [-0.15, -0.1) is 0 Å². The molecule has 0 amide bonds. The number of nitrogens with zero attached hydrogens (tertiary/aromatic N) is 2.